The van der Waals surface area contributed by atoms with Gasteiger partial charge in [0.2, 0.25) is 5.89 Å². The molecule has 0 spiro atoms. The maximum absolute atomic E-state index is 12.1. The third-order valence-corrected chi connectivity index (χ3v) is 4.57. The van der Waals surface area contributed by atoms with Crippen molar-refractivity contribution in [2.45, 2.75) is 32.8 Å². The van der Waals surface area contributed by atoms with Crippen molar-refractivity contribution < 1.29 is 13.9 Å². The minimum atomic E-state index is -0.442. The molecule has 6 nitrogen and oxygen atoms in total. The Balaban J connectivity index is 1.63. The van der Waals surface area contributed by atoms with E-state index in [2.05, 4.69) is 15.2 Å². The first-order chi connectivity index (χ1) is 11.4. The Hall–Kier alpha value is -2.54. The molecule has 0 N–H and O–H groups in total. The van der Waals surface area contributed by atoms with Crippen molar-refractivity contribution in [3.63, 3.8) is 0 Å². The number of carbonyl (C=O) groups is 1. The zero-order valence-electron chi connectivity index (χ0n) is 13.6. The van der Waals surface area contributed by atoms with Gasteiger partial charge in [0.1, 0.15) is 4.88 Å². The van der Waals surface area contributed by atoms with Crippen LogP contribution in [0.2, 0.25) is 0 Å². The molecule has 0 aliphatic rings. The van der Waals surface area contributed by atoms with E-state index in [1.165, 1.54) is 17.5 Å². The molecule has 1 aromatic carbocycles. The van der Waals surface area contributed by atoms with Gasteiger partial charge in [-0.05, 0) is 12.1 Å². The second kappa shape index (κ2) is 6.52. The number of benzene rings is 1. The van der Waals surface area contributed by atoms with Crippen molar-refractivity contribution >= 4 is 17.3 Å². The molecule has 0 saturated carbocycles. The van der Waals surface area contributed by atoms with Gasteiger partial charge in [-0.15, -0.1) is 21.5 Å². The number of thiazole rings is 1. The molecule has 124 valence electrons. The van der Waals surface area contributed by atoms with Gasteiger partial charge in [-0.2, -0.15) is 0 Å². The van der Waals surface area contributed by atoms with Crippen molar-refractivity contribution in [2.24, 2.45) is 0 Å². The SMILES string of the molecule is CC(C)(C)c1ncc(C(=O)OCc2nnc(-c3ccccc3)o2)s1. The fraction of sp³-hybridized carbons (Fsp3) is 0.294. The quantitative estimate of drug-likeness (QED) is 0.670. The largest absolute Gasteiger partial charge is 0.451 e. The highest BCUT2D eigenvalue weighted by atomic mass is 32.1. The number of rotatable bonds is 4. The highest BCUT2D eigenvalue weighted by Crippen LogP contribution is 2.27. The molecular formula is C17H17N3O3S. The molecule has 3 aromatic rings. The van der Waals surface area contributed by atoms with Crippen LogP contribution < -0.4 is 0 Å². The number of carbonyl (C=O) groups excluding carboxylic acids is 1. The average Bonchev–Trinajstić information content (AvgIpc) is 3.22. The van der Waals surface area contributed by atoms with Gasteiger partial charge in [-0.1, -0.05) is 39.0 Å². The normalized spacial score (nSPS) is 11.5. The lowest BCUT2D eigenvalue weighted by molar-refractivity contribution is 0.0444. The van der Waals surface area contributed by atoms with E-state index in [1.807, 2.05) is 51.1 Å². The van der Waals surface area contributed by atoms with E-state index in [-0.39, 0.29) is 17.9 Å². The van der Waals surface area contributed by atoms with E-state index in [1.54, 1.807) is 0 Å². The van der Waals surface area contributed by atoms with Crippen LogP contribution in [-0.4, -0.2) is 21.2 Å². The van der Waals surface area contributed by atoms with Crippen LogP contribution in [0.1, 0.15) is 41.3 Å². The van der Waals surface area contributed by atoms with Crippen LogP contribution in [0.3, 0.4) is 0 Å². The molecule has 24 heavy (non-hydrogen) atoms. The number of hydrogen-bond donors (Lipinski definition) is 0. The summed E-state index contributed by atoms with van der Waals surface area (Å²) in [5, 5.41) is 8.74. The Kier molecular flexibility index (Phi) is 4.44. The Morgan fingerprint density at radius 2 is 1.96 bits per heavy atom. The first kappa shape index (κ1) is 16.3. The monoisotopic (exact) mass is 343 g/mol. The summed E-state index contributed by atoms with van der Waals surface area (Å²) in [6, 6.07) is 9.42. The van der Waals surface area contributed by atoms with Gasteiger partial charge in [0.05, 0.1) is 11.2 Å². The Morgan fingerprint density at radius 3 is 2.62 bits per heavy atom. The minimum Gasteiger partial charge on any atom is -0.451 e. The lowest BCUT2D eigenvalue weighted by Crippen LogP contribution is -2.09. The number of aromatic nitrogens is 3. The molecule has 0 fully saturated rings. The Morgan fingerprint density at radius 1 is 1.21 bits per heavy atom. The van der Waals surface area contributed by atoms with Crippen LogP contribution >= 0.6 is 11.3 Å². The predicted molar refractivity (Wildman–Crippen MR) is 89.7 cm³/mol. The molecule has 3 rings (SSSR count). The molecule has 0 atom stereocenters. The van der Waals surface area contributed by atoms with Crippen LogP contribution in [0.4, 0.5) is 0 Å². The van der Waals surface area contributed by atoms with E-state index in [0.717, 1.165) is 10.6 Å². The second-order valence-electron chi connectivity index (χ2n) is 6.22. The topological polar surface area (TPSA) is 78.1 Å². The molecule has 0 aliphatic heterocycles. The maximum Gasteiger partial charge on any atom is 0.350 e. The fourth-order valence-electron chi connectivity index (χ4n) is 1.92. The highest BCUT2D eigenvalue weighted by molar-refractivity contribution is 7.13. The van der Waals surface area contributed by atoms with Crippen molar-refractivity contribution in [1.82, 2.24) is 15.2 Å². The van der Waals surface area contributed by atoms with E-state index in [4.69, 9.17) is 9.15 Å². The molecule has 2 aromatic heterocycles. The van der Waals surface area contributed by atoms with Crippen molar-refractivity contribution in [3.05, 3.63) is 52.3 Å². The lowest BCUT2D eigenvalue weighted by Gasteiger charge is -2.13. The summed E-state index contributed by atoms with van der Waals surface area (Å²) in [4.78, 5) is 16.8. The van der Waals surface area contributed by atoms with Crippen molar-refractivity contribution in [3.8, 4) is 11.5 Å². The van der Waals surface area contributed by atoms with Gasteiger partial charge < -0.3 is 9.15 Å². The smallest absolute Gasteiger partial charge is 0.350 e. The zero-order chi connectivity index (χ0) is 17.2. The van der Waals surface area contributed by atoms with E-state index >= 15 is 0 Å². The summed E-state index contributed by atoms with van der Waals surface area (Å²) in [7, 11) is 0. The van der Waals surface area contributed by atoms with Crippen LogP contribution in [0.25, 0.3) is 11.5 Å². The average molecular weight is 343 g/mol. The molecular weight excluding hydrogens is 326 g/mol. The molecule has 2 heterocycles. The van der Waals surface area contributed by atoms with Gasteiger partial charge in [-0.25, -0.2) is 9.78 Å². The van der Waals surface area contributed by atoms with Crippen LogP contribution in [0, 0.1) is 0 Å². The molecule has 0 bridgehead atoms. The molecule has 0 saturated heterocycles. The summed E-state index contributed by atoms with van der Waals surface area (Å²) in [6.45, 7) is 6.07. The van der Waals surface area contributed by atoms with Gasteiger partial charge in [0.15, 0.2) is 6.61 Å². The van der Waals surface area contributed by atoms with Gasteiger partial charge in [0, 0.05) is 11.0 Å². The number of hydrogen-bond acceptors (Lipinski definition) is 7. The number of esters is 1. The van der Waals surface area contributed by atoms with Gasteiger partial charge in [0.25, 0.3) is 5.89 Å². The maximum atomic E-state index is 12.1. The molecule has 7 heteroatoms. The first-order valence-electron chi connectivity index (χ1n) is 7.45. The van der Waals surface area contributed by atoms with E-state index in [9.17, 15) is 4.79 Å². The summed E-state index contributed by atoms with van der Waals surface area (Å²) < 4.78 is 10.7. The lowest BCUT2D eigenvalue weighted by atomic mass is 9.98. The molecule has 0 amide bonds. The second-order valence-corrected chi connectivity index (χ2v) is 7.25. The van der Waals surface area contributed by atoms with Crippen molar-refractivity contribution in [1.29, 1.82) is 0 Å². The third-order valence-electron chi connectivity index (χ3n) is 3.16. The number of nitrogens with zero attached hydrogens (tertiary/aromatic N) is 3. The van der Waals surface area contributed by atoms with E-state index in [0.29, 0.717) is 10.8 Å². The highest BCUT2D eigenvalue weighted by Gasteiger charge is 2.21. The molecule has 0 aliphatic carbocycles. The summed E-state index contributed by atoms with van der Waals surface area (Å²) >= 11 is 1.33. The van der Waals surface area contributed by atoms with Crippen molar-refractivity contribution in [2.75, 3.05) is 0 Å². The van der Waals surface area contributed by atoms with Crippen LogP contribution in [0.5, 0.6) is 0 Å². The summed E-state index contributed by atoms with van der Waals surface area (Å²) in [5.41, 5.74) is 0.722. The fourth-order valence-corrected chi connectivity index (χ4v) is 2.79. The van der Waals surface area contributed by atoms with Crippen LogP contribution in [0.15, 0.2) is 40.9 Å². The standard InChI is InChI=1S/C17H17N3O3S/c1-17(2,3)16-18-9-12(24-16)15(21)22-10-13-19-20-14(23-13)11-7-5-4-6-8-11/h4-9H,10H2,1-3H3. The summed E-state index contributed by atoms with van der Waals surface area (Å²) in [6.07, 6.45) is 1.54. The van der Waals surface area contributed by atoms with Gasteiger partial charge in [-0.3, -0.25) is 0 Å². The minimum absolute atomic E-state index is 0.0680. The van der Waals surface area contributed by atoms with Gasteiger partial charge >= 0.3 is 5.97 Å². The summed E-state index contributed by atoms with van der Waals surface area (Å²) in [5.74, 6) is 0.208. The first-order valence-corrected chi connectivity index (χ1v) is 8.26. The molecule has 0 radical (unpaired) electrons. The Bertz CT molecular complexity index is 834. The zero-order valence-corrected chi connectivity index (χ0v) is 14.5. The van der Waals surface area contributed by atoms with E-state index < -0.39 is 5.97 Å². The molecule has 0 unspecified atom stereocenters. The number of ether oxygens (including phenoxy) is 1. The third kappa shape index (κ3) is 3.68. The predicted octanol–water partition coefficient (Wildman–Crippen LogP) is 3.85. The van der Waals surface area contributed by atoms with Crippen LogP contribution in [-0.2, 0) is 16.8 Å². The Labute approximate surface area is 143 Å².